The second-order valence-electron chi connectivity index (χ2n) is 8.93. The van der Waals surface area contributed by atoms with Gasteiger partial charge in [-0.3, -0.25) is 9.88 Å². The van der Waals surface area contributed by atoms with Gasteiger partial charge in [-0.25, -0.2) is 0 Å². The van der Waals surface area contributed by atoms with Gasteiger partial charge in [0.2, 0.25) is 0 Å². The summed E-state index contributed by atoms with van der Waals surface area (Å²) in [4.78, 5) is 6.94. The molecule has 1 aliphatic rings. The van der Waals surface area contributed by atoms with Crippen LogP contribution in [-0.2, 0) is 32.0 Å². The number of alkyl halides is 3. The Morgan fingerprint density at radius 2 is 1.91 bits per heavy atom. The Kier molecular flexibility index (Phi) is 8.52. The standard InChI is InChI=1S/C27H35F3N2/c1-4-20(2)12-13-22-14-15-24(31-21(22)3)10-6-5-7-17-32-18-16-23-9-8-11-26(25(23)19-32)27(28,29)30/h8-9,11,14-15H,2,4-7,10,12-13,16-19H2,1,3H3. The number of fused-ring (bicyclic) bond motifs is 1. The number of rotatable bonds is 10. The monoisotopic (exact) mass is 444 g/mol. The van der Waals surface area contributed by atoms with Crippen LogP contribution in [0.2, 0.25) is 0 Å². The minimum absolute atomic E-state index is 0.400. The average molecular weight is 445 g/mol. The maximum absolute atomic E-state index is 13.3. The number of allylic oxidation sites excluding steroid dienone is 1. The van der Waals surface area contributed by atoms with Crippen molar-refractivity contribution < 1.29 is 13.2 Å². The van der Waals surface area contributed by atoms with Crippen LogP contribution >= 0.6 is 0 Å². The molecule has 1 aromatic carbocycles. The van der Waals surface area contributed by atoms with Gasteiger partial charge >= 0.3 is 6.18 Å². The molecule has 0 unspecified atom stereocenters. The Labute approximate surface area is 190 Å². The van der Waals surface area contributed by atoms with Crippen molar-refractivity contribution in [2.75, 3.05) is 13.1 Å². The summed E-state index contributed by atoms with van der Waals surface area (Å²) in [6.45, 7) is 10.4. The quantitative estimate of drug-likeness (QED) is 0.288. The van der Waals surface area contributed by atoms with Crippen LogP contribution < -0.4 is 0 Å². The number of hydrogen-bond acceptors (Lipinski definition) is 2. The van der Waals surface area contributed by atoms with Gasteiger partial charge in [-0.05, 0) is 87.2 Å². The van der Waals surface area contributed by atoms with E-state index in [0.717, 1.165) is 75.0 Å². The first-order valence-electron chi connectivity index (χ1n) is 11.8. The minimum atomic E-state index is -4.28. The first kappa shape index (κ1) is 24.5. The molecule has 0 aliphatic carbocycles. The lowest BCUT2D eigenvalue weighted by Crippen LogP contribution is -2.33. The summed E-state index contributed by atoms with van der Waals surface area (Å²) in [6.07, 6.45) is 3.52. The SMILES string of the molecule is C=C(CC)CCc1ccc(CCCCCN2CCc3cccc(C(F)(F)F)c3C2)nc1C. The first-order chi connectivity index (χ1) is 15.3. The Morgan fingerprint density at radius 3 is 2.62 bits per heavy atom. The number of aromatic nitrogens is 1. The fourth-order valence-electron chi connectivity index (χ4n) is 4.45. The van der Waals surface area contributed by atoms with Crippen LogP contribution in [0.25, 0.3) is 0 Å². The van der Waals surface area contributed by atoms with Crippen LogP contribution in [0.15, 0.2) is 42.5 Å². The first-order valence-corrected chi connectivity index (χ1v) is 11.8. The predicted molar refractivity (Wildman–Crippen MR) is 125 cm³/mol. The Morgan fingerprint density at radius 1 is 1.09 bits per heavy atom. The number of aryl methyl sites for hydroxylation is 3. The second-order valence-corrected chi connectivity index (χ2v) is 8.93. The third kappa shape index (κ3) is 6.68. The van der Waals surface area contributed by atoms with E-state index in [4.69, 9.17) is 4.98 Å². The molecule has 174 valence electrons. The summed E-state index contributed by atoms with van der Waals surface area (Å²) < 4.78 is 40.0. The molecular weight excluding hydrogens is 409 g/mol. The van der Waals surface area contributed by atoms with Crippen molar-refractivity contribution in [2.24, 2.45) is 0 Å². The fraction of sp³-hybridized carbons (Fsp3) is 0.519. The number of unbranched alkanes of at least 4 members (excludes halogenated alkanes) is 2. The molecule has 1 aromatic heterocycles. The van der Waals surface area contributed by atoms with Crippen molar-refractivity contribution in [2.45, 2.75) is 77.9 Å². The van der Waals surface area contributed by atoms with E-state index in [0.29, 0.717) is 18.5 Å². The summed E-state index contributed by atoms with van der Waals surface area (Å²) in [6, 6.07) is 8.91. The van der Waals surface area contributed by atoms with Crippen LogP contribution in [0.1, 0.15) is 72.7 Å². The van der Waals surface area contributed by atoms with Crippen molar-refractivity contribution in [1.29, 1.82) is 0 Å². The number of nitrogens with zero attached hydrogens (tertiary/aromatic N) is 2. The maximum Gasteiger partial charge on any atom is 0.416 e. The fourth-order valence-corrected chi connectivity index (χ4v) is 4.45. The number of halogens is 3. The average Bonchev–Trinajstić information content (AvgIpc) is 2.76. The highest BCUT2D eigenvalue weighted by molar-refractivity contribution is 5.38. The van der Waals surface area contributed by atoms with E-state index in [1.807, 2.05) is 6.07 Å². The Bertz CT molecular complexity index is 918. The summed E-state index contributed by atoms with van der Waals surface area (Å²) in [7, 11) is 0. The summed E-state index contributed by atoms with van der Waals surface area (Å²) in [5.74, 6) is 0. The molecule has 0 fully saturated rings. The highest BCUT2D eigenvalue weighted by Crippen LogP contribution is 2.35. The summed E-state index contributed by atoms with van der Waals surface area (Å²) in [5, 5.41) is 0. The van der Waals surface area contributed by atoms with Crippen LogP contribution in [-0.4, -0.2) is 23.0 Å². The largest absolute Gasteiger partial charge is 0.416 e. The molecule has 0 saturated heterocycles. The van der Waals surface area contributed by atoms with E-state index in [-0.39, 0.29) is 0 Å². The van der Waals surface area contributed by atoms with Crippen LogP contribution in [0.5, 0.6) is 0 Å². The molecule has 32 heavy (non-hydrogen) atoms. The zero-order valence-corrected chi connectivity index (χ0v) is 19.4. The molecule has 0 atom stereocenters. The van der Waals surface area contributed by atoms with Gasteiger partial charge in [-0.15, -0.1) is 0 Å². The molecule has 0 N–H and O–H groups in total. The third-order valence-corrected chi connectivity index (χ3v) is 6.57. The van der Waals surface area contributed by atoms with Gasteiger partial charge in [0.05, 0.1) is 5.56 Å². The van der Waals surface area contributed by atoms with Gasteiger partial charge in [0, 0.05) is 24.5 Å². The van der Waals surface area contributed by atoms with E-state index in [2.05, 4.69) is 37.5 Å². The van der Waals surface area contributed by atoms with E-state index in [1.54, 1.807) is 0 Å². The summed E-state index contributed by atoms with van der Waals surface area (Å²) in [5.41, 5.74) is 5.66. The maximum atomic E-state index is 13.3. The highest BCUT2D eigenvalue weighted by atomic mass is 19.4. The van der Waals surface area contributed by atoms with Crippen molar-refractivity contribution >= 4 is 0 Å². The van der Waals surface area contributed by atoms with Gasteiger partial charge in [-0.1, -0.05) is 43.7 Å². The zero-order valence-electron chi connectivity index (χ0n) is 19.4. The molecule has 0 radical (unpaired) electrons. The normalized spacial score (nSPS) is 14.4. The van der Waals surface area contributed by atoms with Crippen molar-refractivity contribution in [3.63, 3.8) is 0 Å². The van der Waals surface area contributed by atoms with Gasteiger partial charge < -0.3 is 0 Å². The van der Waals surface area contributed by atoms with Gasteiger partial charge in [0.25, 0.3) is 0 Å². The van der Waals surface area contributed by atoms with E-state index < -0.39 is 11.7 Å². The van der Waals surface area contributed by atoms with Gasteiger partial charge in [0.1, 0.15) is 0 Å². The van der Waals surface area contributed by atoms with Crippen LogP contribution in [0.4, 0.5) is 13.2 Å². The molecule has 2 aromatic rings. The van der Waals surface area contributed by atoms with Crippen molar-refractivity contribution in [3.05, 3.63) is 76.1 Å². The van der Waals surface area contributed by atoms with Gasteiger partial charge in [-0.2, -0.15) is 13.2 Å². The number of pyridine rings is 1. The smallest absolute Gasteiger partial charge is 0.299 e. The van der Waals surface area contributed by atoms with E-state index >= 15 is 0 Å². The van der Waals surface area contributed by atoms with Crippen molar-refractivity contribution in [1.82, 2.24) is 9.88 Å². The molecule has 2 heterocycles. The molecule has 5 heteroatoms. The third-order valence-electron chi connectivity index (χ3n) is 6.57. The molecule has 0 amide bonds. The number of hydrogen-bond donors (Lipinski definition) is 0. The lowest BCUT2D eigenvalue weighted by Gasteiger charge is -2.30. The molecule has 1 aliphatic heterocycles. The van der Waals surface area contributed by atoms with Crippen LogP contribution in [0.3, 0.4) is 0 Å². The predicted octanol–water partition coefficient (Wildman–Crippen LogP) is 7.08. The molecular formula is C27H35F3N2. The highest BCUT2D eigenvalue weighted by Gasteiger charge is 2.35. The minimum Gasteiger partial charge on any atom is -0.299 e. The summed E-state index contributed by atoms with van der Waals surface area (Å²) >= 11 is 0. The number of benzene rings is 1. The molecule has 0 bridgehead atoms. The lowest BCUT2D eigenvalue weighted by molar-refractivity contribution is -0.138. The molecule has 3 rings (SSSR count). The Balaban J connectivity index is 1.42. The van der Waals surface area contributed by atoms with Gasteiger partial charge in [0.15, 0.2) is 0 Å². The second kappa shape index (κ2) is 11.1. The van der Waals surface area contributed by atoms with E-state index in [9.17, 15) is 13.2 Å². The topological polar surface area (TPSA) is 16.1 Å². The zero-order chi connectivity index (χ0) is 23.1. The Hall–Kier alpha value is -2.14. The lowest BCUT2D eigenvalue weighted by atomic mass is 9.94. The van der Waals surface area contributed by atoms with E-state index in [1.165, 1.54) is 23.3 Å². The molecule has 0 saturated carbocycles. The molecule has 2 nitrogen and oxygen atoms in total. The van der Waals surface area contributed by atoms with Crippen molar-refractivity contribution in [3.8, 4) is 0 Å². The van der Waals surface area contributed by atoms with Crippen LogP contribution in [0, 0.1) is 6.92 Å². The molecule has 0 spiro atoms.